The lowest BCUT2D eigenvalue weighted by Gasteiger charge is -2.27. The van der Waals surface area contributed by atoms with Crippen molar-refractivity contribution in [1.29, 1.82) is 0 Å². The predicted octanol–water partition coefficient (Wildman–Crippen LogP) is 2.60. The molecule has 6 N–H and O–H groups in total. The van der Waals surface area contributed by atoms with Crippen molar-refractivity contribution in [2.75, 3.05) is 0 Å². The second-order valence-corrected chi connectivity index (χ2v) is 9.50. The first kappa shape index (κ1) is 26.2. The van der Waals surface area contributed by atoms with Crippen LogP contribution in [0.15, 0.2) is 48.5 Å². The monoisotopic (exact) mass is 482 g/mol. The number of halogens is 1. The molecule has 3 atom stereocenters. The van der Waals surface area contributed by atoms with Crippen molar-refractivity contribution in [2.45, 2.75) is 57.2 Å². The molecule has 1 heterocycles. The third kappa shape index (κ3) is 7.03. The zero-order valence-electron chi connectivity index (χ0n) is 19.8. The number of benzene rings is 2. The molecule has 1 aromatic heterocycles. The van der Waals surface area contributed by atoms with Crippen LogP contribution in [0.5, 0.6) is 0 Å². The van der Waals surface area contributed by atoms with Crippen LogP contribution in [0.3, 0.4) is 0 Å². The first-order valence-electron chi connectivity index (χ1n) is 11.5. The minimum Gasteiger partial charge on any atom is -0.392 e. The molecule has 0 unspecified atom stereocenters. The smallest absolute Gasteiger partial charge is 0.269 e. The molecule has 9 heteroatoms. The fourth-order valence-electron chi connectivity index (χ4n) is 4.15. The predicted molar refractivity (Wildman–Crippen MR) is 130 cm³/mol. The first-order valence-corrected chi connectivity index (χ1v) is 11.5. The SMILES string of the molecule is CC(C)(O)CC[C@H](C[C@H](O)[C@@H](Cc1cccc(F)c1)c1nc2ccccc2nc1C(N)=O)C(N)=O. The summed E-state index contributed by atoms with van der Waals surface area (Å²) >= 11 is 0. The third-order valence-corrected chi connectivity index (χ3v) is 6.02. The fourth-order valence-corrected chi connectivity index (χ4v) is 4.15. The minimum atomic E-state index is -1.19. The maximum atomic E-state index is 13.9. The van der Waals surface area contributed by atoms with Crippen molar-refractivity contribution in [3.8, 4) is 0 Å². The van der Waals surface area contributed by atoms with E-state index in [-0.39, 0.29) is 30.7 Å². The van der Waals surface area contributed by atoms with Gasteiger partial charge in [0.25, 0.3) is 5.91 Å². The van der Waals surface area contributed by atoms with E-state index in [2.05, 4.69) is 9.97 Å². The molecular weight excluding hydrogens is 451 g/mol. The van der Waals surface area contributed by atoms with E-state index in [9.17, 15) is 24.2 Å². The Kier molecular flexibility index (Phi) is 8.14. The molecule has 0 radical (unpaired) electrons. The zero-order chi connectivity index (χ0) is 25.8. The van der Waals surface area contributed by atoms with E-state index in [4.69, 9.17) is 11.5 Å². The van der Waals surface area contributed by atoms with Crippen molar-refractivity contribution in [1.82, 2.24) is 9.97 Å². The Morgan fingerprint density at radius 2 is 1.71 bits per heavy atom. The number of rotatable bonds is 11. The van der Waals surface area contributed by atoms with E-state index in [1.165, 1.54) is 12.1 Å². The van der Waals surface area contributed by atoms with Crippen molar-refractivity contribution in [3.05, 3.63) is 71.3 Å². The molecule has 186 valence electrons. The molecule has 0 spiro atoms. The van der Waals surface area contributed by atoms with Crippen LogP contribution in [-0.2, 0) is 11.2 Å². The number of primary amides is 2. The molecule has 0 bridgehead atoms. The standard InChI is InChI=1S/C26H31FN4O4/c1-26(2,35)11-10-16(24(28)33)14-21(32)18(13-15-6-5-7-17(27)12-15)22-23(25(29)34)31-20-9-4-3-8-19(20)30-22/h3-9,12,16,18,21,32,35H,10-11,13-14H2,1-2H3,(H2,28,33)(H2,29,34)/t16-,18-,21+/m1/s1. The number of aromatic nitrogens is 2. The molecule has 2 aromatic carbocycles. The van der Waals surface area contributed by atoms with Crippen LogP contribution in [0.4, 0.5) is 4.39 Å². The van der Waals surface area contributed by atoms with Gasteiger partial charge in [-0.1, -0.05) is 24.3 Å². The van der Waals surface area contributed by atoms with Gasteiger partial charge in [0.2, 0.25) is 5.91 Å². The maximum absolute atomic E-state index is 13.9. The molecule has 2 amide bonds. The minimum absolute atomic E-state index is 0.0435. The van der Waals surface area contributed by atoms with Gasteiger partial charge in [-0.2, -0.15) is 0 Å². The second-order valence-electron chi connectivity index (χ2n) is 9.50. The highest BCUT2D eigenvalue weighted by Gasteiger charge is 2.32. The van der Waals surface area contributed by atoms with Gasteiger partial charge in [-0.3, -0.25) is 9.59 Å². The van der Waals surface area contributed by atoms with Crippen LogP contribution in [0.1, 0.15) is 60.8 Å². The number of carbonyl (C=O) groups excluding carboxylic acids is 2. The summed E-state index contributed by atoms with van der Waals surface area (Å²) in [5.41, 5.74) is 11.8. The summed E-state index contributed by atoms with van der Waals surface area (Å²) in [4.78, 5) is 33.4. The number of nitrogens with zero attached hydrogens (tertiary/aromatic N) is 2. The number of aliphatic hydroxyl groups excluding tert-OH is 1. The summed E-state index contributed by atoms with van der Waals surface area (Å²) in [6, 6.07) is 12.8. The number of nitrogens with two attached hydrogens (primary N) is 2. The number of para-hydroxylation sites is 2. The van der Waals surface area contributed by atoms with Crippen LogP contribution >= 0.6 is 0 Å². The van der Waals surface area contributed by atoms with E-state index in [1.807, 2.05) is 0 Å². The number of aliphatic hydroxyl groups is 2. The average molecular weight is 483 g/mol. The number of amides is 2. The number of carbonyl (C=O) groups is 2. The molecule has 0 aliphatic heterocycles. The number of hydrogen-bond donors (Lipinski definition) is 4. The van der Waals surface area contributed by atoms with Gasteiger partial charge >= 0.3 is 0 Å². The lowest BCUT2D eigenvalue weighted by atomic mass is 9.82. The third-order valence-electron chi connectivity index (χ3n) is 6.02. The average Bonchev–Trinajstić information content (AvgIpc) is 2.78. The van der Waals surface area contributed by atoms with Gasteiger partial charge in [0.15, 0.2) is 5.69 Å². The maximum Gasteiger partial charge on any atom is 0.269 e. The highest BCUT2D eigenvalue weighted by molar-refractivity contribution is 5.94. The Hall–Kier alpha value is -3.43. The Morgan fingerprint density at radius 1 is 1.06 bits per heavy atom. The summed E-state index contributed by atoms with van der Waals surface area (Å²) in [7, 11) is 0. The zero-order valence-corrected chi connectivity index (χ0v) is 19.8. The van der Waals surface area contributed by atoms with Gasteiger partial charge in [0.05, 0.1) is 28.4 Å². The van der Waals surface area contributed by atoms with E-state index < -0.39 is 41.2 Å². The van der Waals surface area contributed by atoms with Crippen molar-refractivity contribution in [3.63, 3.8) is 0 Å². The van der Waals surface area contributed by atoms with E-state index in [0.29, 0.717) is 23.0 Å². The summed E-state index contributed by atoms with van der Waals surface area (Å²) in [5.74, 6) is -3.45. The van der Waals surface area contributed by atoms with E-state index >= 15 is 0 Å². The van der Waals surface area contributed by atoms with Gasteiger partial charge in [-0.05, 0) is 69.4 Å². The molecule has 0 saturated carbocycles. The van der Waals surface area contributed by atoms with Crippen molar-refractivity contribution >= 4 is 22.8 Å². The normalized spacial score (nSPS) is 14.4. The Balaban J connectivity index is 2.05. The lowest BCUT2D eigenvalue weighted by molar-refractivity contribution is -0.123. The Bertz CT molecular complexity index is 1210. The Labute approximate surface area is 203 Å². The molecule has 0 saturated heterocycles. The van der Waals surface area contributed by atoms with Crippen LogP contribution < -0.4 is 11.5 Å². The first-order chi connectivity index (χ1) is 16.4. The highest BCUT2D eigenvalue weighted by Crippen LogP contribution is 2.32. The van der Waals surface area contributed by atoms with Crippen molar-refractivity contribution < 1.29 is 24.2 Å². The lowest BCUT2D eigenvalue weighted by Crippen LogP contribution is -2.33. The van der Waals surface area contributed by atoms with Gasteiger partial charge in [-0.25, -0.2) is 14.4 Å². The van der Waals surface area contributed by atoms with E-state index in [1.54, 1.807) is 50.2 Å². The molecule has 0 aliphatic rings. The van der Waals surface area contributed by atoms with Crippen LogP contribution in [-0.4, -0.2) is 43.7 Å². The summed E-state index contributed by atoms with van der Waals surface area (Å²) in [6.45, 7) is 3.25. The highest BCUT2D eigenvalue weighted by atomic mass is 19.1. The quantitative estimate of drug-likeness (QED) is 0.330. The topological polar surface area (TPSA) is 152 Å². The largest absolute Gasteiger partial charge is 0.392 e. The van der Waals surface area contributed by atoms with Crippen molar-refractivity contribution in [2.24, 2.45) is 17.4 Å². The van der Waals surface area contributed by atoms with E-state index in [0.717, 1.165) is 0 Å². The summed E-state index contributed by atoms with van der Waals surface area (Å²) in [6.07, 6.45) is -0.564. The fraction of sp³-hybridized carbons (Fsp3) is 0.385. The molecule has 35 heavy (non-hydrogen) atoms. The number of hydrogen-bond acceptors (Lipinski definition) is 6. The molecule has 0 aliphatic carbocycles. The van der Waals surface area contributed by atoms with Gasteiger partial charge in [0.1, 0.15) is 5.82 Å². The van der Waals surface area contributed by atoms with Crippen LogP contribution in [0, 0.1) is 11.7 Å². The summed E-state index contributed by atoms with van der Waals surface area (Å²) < 4.78 is 13.9. The molecule has 3 aromatic rings. The second kappa shape index (κ2) is 10.9. The van der Waals surface area contributed by atoms with Gasteiger partial charge in [-0.15, -0.1) is 0 Å². The molecule has 8 nitrogen and oxygen atoms in total. The van der Waals surface area contributed by atoms with Crippen LogP contribution in [0.2, 0.25) is 0 Å². The van der Waals surface area contributed by atoms with Crippen LogP contribution in [0.25, 0.3) is 11.0 Å². The molecular formula is C26H31FN4O4. The van der Waals surface area contributed by atoms with Gasteiger partial charge < -0.3 is 21.7 Å². The van der Waals surface area contributed by atoms with Gasteiger partial charge in [0, 0.05) is 11.8 Å². The molecule has 3 rings (SSSR count). The Morgan fingerprint density at radius 3 is 2.29 bits per heavy atom. The summed E-state index contributed by atoms with van der Waals surface area (Å²) in [5, 5.41) is 21.4. The molecule has 0 fully saturated rings. The number of fused-ring (bicyclic) bond motifs is 1.